The molecule has 0 saturated carbocycles. The molecule has 4 nitrogen and oxygen atoms in total. The van der Waals surface area contributed by atoms with Gasteiger partial charge in [-0.3, -0.25) is 4.79 Å². The molecule has 16 heavy (non-hydrogen) atoms. The van der Waals surface area contributed by atoms with Crippen LogP contribution in [0.4, 0.5) is 0 Å². The maximum atomic E-state index is 11.8. The molecule has 4 heteroatoms. The van der Waals surface area contributed by atoms with E-state index in [9.17, 15) is 4.79 Å². The van der Waals surface area contributed by atoms with Gasteiger partial charge in [-0.1, -0.05) is 19.8 Å². The van der Waals surface area contributed by atoms with Crippen LogP contribution in [0.25, 0.3) is 0 Å². The number of amides is 1. The third-order valence-electron chi connectivity index (χ3n) is 3.04. The number of rotatable bonds is 5. The number of aliphatic hydroxyl groups is 1. The Kier molecular flexibility index (Phi) is 6.42. The van der Waals surface area contributed by atoms with E-state index < -0.39 is 0 Å². The predicted octanol–water partition coefficient (Wildman–Crippen LogP) is 0.607. The van der Waals surface area contributed by atoms with Crippen LogP contribution in [0.15, 0.2) is 0 Å². The summed E-state index contributed by atoms with van der Waals surface area (Å²) in [5.41, 5.74) is 0. The van der Waals surface area contributed by atoms with E-state index in [1.54, 1.807) is 0 Å². The van der Waals surface area contributed by atoms with Crippen LogP contribution < -0.4 is 5.32 Å². The highest BCUT2D eigenvalue weighted by atomic mass is 16.3. The van der Waals surface area contributed by atoms with Gasteiger partial charge >= 0.3 is 0 Å². The maximum absolute atomic E-state index is 11.8. The third-order valence-corrected chi connectivity index (χ3v) is 3.04. The summed E-state index contributed by atoms with van der Waals surface area (Å²) in [6.07, 6.45) is 4.77. The minimum Gasteiger partial charge on any atom is -0.396 e. The van der Waals surface area contributed by atoms with E-state index in [-0.39, 0.29) is 18.4 Å². The van der Waals surface area contributed by atoms with Crippen molar-refractivity contribution in [1.82, 2.24) is 10.2 Å². The number of carbonyl (C=O) groups is 1. The highest BCUT2D eigenvalue weighted by Gasteiger charge is 2.14. The van der Waals surface area contributed by atoms with Gasteiger partial charge in [-0.15, -0.1) is 0 Å². The van der Waals surface area contributed by atoms with Crippen LogP contribution in [-0.4, -0.2) is 48.7 Å². The van der Waals surface area contributed by atoms with E-state index in [2.05, 4.69) is 5.32 Å². The van der Waals surface area contributed by atoms with Crippen LogP contribution in [0.2, 0.25) is 0 Å². The Morgan fingerprint density at radius 2 is 1.94 bits per heavy atom. The van der Waals surface area contributed by atoms with Crippen molar-refractivity contribution >= 4 is 5.91 Å². The van der Waals surface area contributed by atoms with E-state index in [0.29, 0.717) is 13.1 Å². The molecule has 94 valence electrons. The molecule has 1 heterocycles. The van der Waals surface area contributed by atoms with Gasteiger partial charge in [-0.05, 0) is 18.8 Å². The molecular formula is C12H24N2O2. The standard InChI is InChI=1S/C12H24N2O2/c1-11(10-15)8-13-9-12(16)14-6-4-2-3-5-7-14/h11,13,15H,2-10H2,1H3. The van der Waals surface area contributed by atoms with Crippen molar-refractivity contribution in [3.05, 3.63) is 0 Å². The molecule has 1 fully saturated rings. The van der Waals surface area contributed by atoms with Gasteiger partial charge in [-0.25, -0.2) is 0 Å². The van der Waals surface area contributed by atoms with E-state index >= 15 is 0 Å². The molecule has 0 bridgehead atoms. The largest absolute Gasteiger partial charge is 0.396 e. The third kappa shape index (κ3) is 4.94. The minimum absolute atomic E-state index is 0.172. The Morgan fingerprint density at radius 3 is 2.50 bits per heavy atom. The van der Waals surface area contributed by atoms with Crippen LogP contribution >= 0.6 is 0 Å². The zero-order valence-corrected chi connectivity index (χ0v) is 10.2. The molecule has 1 atom stereocenters. The fourth-order valence-corrected chi connectivity index (χ4v) is 1.92. The second-order valence-electron chi connectivity index (χ2n) is 4.71. The summed E-state index contributed by atoms with van der Waals surface area (Å²) in [6, 6.07) is 0. The van der Waals surface area contributed by atoms with Gasteiger partial charge < -0.3 is 15.3 Å². The van der Waals surface area contributed by atoms with Gasteiger partial charge in [0, 0.05) is 26.2 Å². The molecule has 1 saturated heterocycles. The summed E-state index contributed by atoms with van der Waals surface area (Å²) < 4.78 is 0. The van der Waals surface area contributed by atoms with Crippen molar-refractivity contribution in [3.63, 3.8) is 0 Å². The average Bonchev–Trinajstić information content (AvgIpc) is 2.57. The van der Waals surface area contributed by atoms with Crippen molar-refractivity contribution in [2.75, 3.05) is 32.8 Å². The van der Waals surface area contributed by atoms with E-state index in [1.807, 2.05) is 11.8 Å². The van der Waals surface area contributed by atoms with E-state index in [1.165, 1.54) is 12.8 Å². The Labute approximate surface area is 98.0 Å². The molecule has 1 rings (SSSR count). The van der Waals surface area contributed by atoms with Gasteiger partial charge in [0.15, 0.2) is 0 Å². The minimum atomic E-state index is 0.172. The molecule has 1 unspecified atom stereocenters. The van der Waals surface area contributed by atoms with Crippen LogP contribution in [0.1, 0.15) is 32.6 Å². The molecule has 0 spiro atoms. The molecule has 1 amide bonds. The van der Waals surface area contributed by atoms with Crippen LogP contribution in [-0.2, 0) is 4.79 Å². The van der Waals surface area contributed by atoms with Crippen molar-refractivity contribution in [2.45, 2.75) is 32.6 Å². The van der Waals surface area contributed by atoms with Crippen molar-refractivity contribution in [3.8, 4) is 0 Å². The lowest BCUT2D eigenvalue weighted by atomic mass is 10.2. The Bertz CT molecular complexity index is 201. The Balaban J connectivity index is 2.17. The summed E-state index contributed by atoms with van der Waals surface area (Å²) in [4.78, 5) is 13.8. The summed E-state index contributed by atoms with van der Waals surface area (Å²) in [5, 5.41) is 12.0. The first-order valence-electron chi connectivity index (χ1n) is 6.33. The SMILES string of the molecule is CC(CO)CNCC(=O)N1CCCCCC1. The van der Waals surface area contributed by atoms with Gasteiger partial charge in [0.25, 0.3) is 0 Å². The molecule has 1 aliphatic heterocycles. The first-order valence-corrected chi connectivity index (χ1v) is 6.33. The highest BCUT2D eigenvalue weighted by Crippen LogP contribution is 2.09. The zero-order valence-electron chi connectivity index (χ0n) is 10.2. The molecule has 0 aromatic heterocycles. The highest BCUT2D eigenvalue weighted by molar-refractivity contribution is 5.78. The van der Waals surface area contributed by atoms with Crippen molar-refractivity contribution in [2.24, 2.45) is 5.92 Å². The number of carbonyl (C=O) groups excluding carboxylic acids is 1. The summed E-state index contributed by atoms with van der Waals surface area (Å²) >= 11 is 0. The average molecular weight is 228 g/mol. The fourth-order valence-electron chi connectivity index (χ4n) is 1.92. The normalized spacial score (nSPS) is 19.2. The molecule has 1 aliphatic rings. The molecule has 0 radical (unpaired) electrons. The smallest absolute Gasteiger partial charge is 0.236 e. The lowest BCUT2D eigenvalue weighted by Crippen LogP contribution is -2.40. The lowest BCUT2D eigenvalue weighted by molar-refractivity contribution is -0.130. The van der Waals surface area contributed by atoms with Gasteiger partial charge in [0.1, 0.15) is 0 Å². The van der Waals surface area contributed by atoms with Crippen LogP contribution in [0.5, 0.6) is 0 Å². The van der Waals surface area contributed by atoms with E-state index in [4.69, 9.17) is 5.11 Å². The number of nitrogens with zero attached hydrogens (tertiary/aromatic N) is 1. The van der Waals surface area contributed by atoms with E-state index in [0.717, 1.165) is 25.9 Å². The van der Waals surface area contributed by atoms with Crippen LogP contribution in [0, 0.1) is 5.92 Å². The Hall–Kier alpha value is -0.610. The van der Waals surface area contributed by atoms with Gasteiger partial charge in [0.05, 0.1) is 6.54 Å². The second-order valence-corrected chi connectivity index (χ2v) is 4.71. The monoisotopic (exact) mass is 228 g/mol. The van der Waals surface area contributed by atoms with Gasteiger partial charge in [-0.2, -0.15) is 0 Å². The van der Waals surface area contributed by atoms with Crippen LogP contribution in [0.3, 0.4) is 0 Å². The number of hydrogen-bond acceptors (Lipinski definition) is 3. The number of nitrogens with one attached hydrogen (secondary N) is 1. The summed E-state index contributed by atoms with van der Waals surface area (Å²) in [5.74, 6) is 0.420. The van der Waals surface area contributed by atoms with Crippen molar-refractivity contribution < 1.29 is 9.90 Å². The number of likely N-dealkylation sites (tertiary alicyclic amines) is 1. The molecule has 2 N–H and O–H groups in total. The Morgan fingerprint density at radius 1 is 1.31 bits per heavy atom. The summed E-state index contributed by atoms with van der Waals surface area (Å²) in [6.45, 7) is 5.07. The lowest BCUT2D eigenvalue weighted by Gasteiger charge is -2.20. The second kappa shape index (κ2) is 7.63. The topological polar surface area (TPSA) is 52.6 Å². The molecular weight excluding hydrogens is 204 g/mol. The zero-order chi connectivity index (χ0) is 11.8. The first-order chi connectivity index (χ1) is 7.74. The molecule has 0 aromatic rings. The molecule has 0 aliphatic carbocycles. The summed E-state index contributed by atoms with van der Waals surface area (Å²) in [7, 11) is 0. The number of hydrogen-bond donors (Lipinski definition) is 2. The van der Waals surface area contributed by atoms with Gasteiger partial charge in [0.2, 0.25) is 5.91 Å². The number of aliphatic hydroxyl groups excluding tert-OH is 1. The molecule has 0 aromatic carbocycles. The maximum Gasteiger partial charge on any atom is 0.236 e. The predicted molar refractivity (Wildman–Crippen MR) is 64.2 cm³/mol. The fraction of sp³-hybridized carbons (Fsp3) is 0.917. The quantitative estimate of drug-likeness (QED) is 0.725. The van der Waals surface area contributed by atoms with Crippen molar-refractivity contribution in [1.29, 1.82) is 0 Å². The first kappa shape index (κ1) is 13.5.